The molecule has 0 aromatic heterocycles. The van der Waals surface area contributed by atoms with Crippen molar-refractivity contribution in [2.45, 2.75) is 33.1 Å². The highest BCUT2D eigenvalue weighted by molar-refractivity contribution is 5.91. The number of ketones is 1. The lowest BCUT2D eigenvalue weighted by Crippen LogP contribution is -2.33. The van der Waals surface area contributed by atoms with E-state index in [9.17, 15) is 4.79 Å². The lowest BCUT2D eigenvalue weighted by molar-refractivity contribution is -0.126. The highest BCUT2D eigenvalue weighted by atomic mass is 16.5. The van der Waals surface area contributed by atoms with Crippen molar-refractivity contribution < 1.29 is 9.53 Å². The van der Waals surface area contributed by atoms with Gasteiger partial charge in [0.1, 0.15) is 5.78 Å². The van der Waals surface area contributed by atoms with Crippen LogP contribution >= 0.6 is 0 Å². The van der Waals surface area contributed by atoms with E-state index < -0.39 is 0 Å². The van der Waals surface area contributed by atoms with E-state index >= 15 is 0 Å². The fourth-order valence-corrected chi connectivity index (χ4v) is 3.29. The van der Waals surface area contributed by atoms with Gasteiger partial charge in [-0.15, -0.1) is 0 Å². The van der Waals surface area contributed by atoms with E-state index in [1.807, 2.05) is 6.08 Å². The summed E-state index contributed by atoms with van der Waals surface area (Å²) in [5, 5.41) is 0. The van der Waals surface area contributed by atoms with Gasteiger partial charge in [0.15, 0.2) is 0 Å². The molecule has 2 aliphatic carbocycles. The number of methoxy groups -OCH3 is 1. The van der Waals surface area contributed by atoms with Gasteiger partial charge >= 0.3 is 0 Å². The maximum absolute atomic E-state index is 12.0. The van der Waals surface area contributed by atoms with Crippen LogP contribution < -0.4 is 0 Å². The highest BCUT2D eigenvalue weighted by Crippen LogP contribution is 2.64. The van der Waals surface area contributed by atoms with Crippen LogP contribution in [-0.4, -0.2) is 12.9 Å². The zero-order valence-corrected chi connectivity index (χ0v) is 9.17. The molecule has 2 atom stereocenters. The fourth-order valence-electron chi connectivity index (χ4n) is 3.29. The molecule has 0 aromatic carbocycles. The molecule has 0 aromatic rings. The summed E-state index contributed by atoms with van der Waals surface area (Å²) in [5.74, 6) is 0.989. The van der Waals surface area contributed by atoms with Gasteiger partial charge in [-0.2, -0.15) is 0 Å². The van der Waals surface area contributed by atoms with Gasteiger partial charge in [0.05, 0.1) is 18.8 Å². The molecule has 0 heterocycles. The quantitative estimate of drug-likeness (QED) is 0.631. The monoisotopic (exact) mass is 194 g/mol. The van der Waals surface area contributed by atoms with Crippen molar-refractivity contribution in [1.82, 2.24) is 0 Å². The summed E-state index contributed by atoms with van der Waals surface area (Å²) in [5.41, 5.74) is -0.104. The van der Waals surface area contributed by atoms with Gasteiger partial charge < -0.3 is 4.74 Å². The molecule has 0 unspecified atom stereocenters. The molecule has 2 saturated carbocycles. The second-order valence-electron chi connectivity index (χ2n) is 5.09. The number of allylic oxidation sites excluding steroid dienone is 1. The SMILES string of the molecule is CO/C=C/[C@@]12CC[C@@H](CC1=O)C2(C)C. The van der Waals surface area contributed by atoms with Crippen LogP contribution in [0.2, 0.25) is 0 Å². The molecular weight excluding hydrogens is 176 g/mol. The van der Waals surface area contributed by atoms with Crippen molar-refractivity contribution in [3.05, 3.63) is 12.3 Å². The summed E-state index contributed by atoms with van der Waals surface area (Å²) < 4.78 is 4.96. The number of Topliss-reactive ketones (excluding diaryl/α,β-unsaturated/α-hetero) is 1. The van der Waals surface area contributed by atoms with Crippen molar-refractivity contribution in [1.29, 1.82) is 0 Å². The summed E-state index contributed by atoms with van der Waals surface area (Å²) in [6.45, 7) is 4.44. The first-order chi connectivity index (χ1) is 6.54. The molecule has 0 aliphatic heterocycles. The Balaban J connectivity index is 2.39. The number of ether oxygens (including phenoxy) is 1. The van der Waals surface area contributed by atoms with Crippen LogP contribution in [0.1, 0.15) is 33.1 Å². The Kier molecular flexibility index (Phi) is 1.98. The van der Waals surface area contributed by atoms with Crippen LogP contribution in [0.5, 0.6) is 0 Å². The summed E-state index contributed by atoms with van der Waals surface area (Å²) in [6, 6.07) is 0. The van der Waals surface area contributed by atoms with E-state index in [0.29, 0.717) is 11.7 Å². The number of carbonyl (C=O) groups is 1. The third kappa shape index (κ3) is 0.943. The first-order valence-corrected chi connectivity index (χ1v) is 5.28. The second kappa shape index (κ2) is 2.85. The summed E-state index contributed by atoms with van der Waals surface area (Å²) >= 11 is 0. The number of fused-ring (bicyclic) bond motifs is 2. The number of hydrogen-bond donors (Lipinski definition) is 0. The van der Waals surface area contributed by atoms with Crippen molar-refractivity contribution in [2.24, 2.45) is 16.7 Å². The third-order valence-electron chi connectivity index (χ3n) is 4.48. The maximum Gasteiger partial charge on any atom is 0.143 e. The Labute approximate surface area is 85.3 Å². The predicted molar refractivity (Wildman–Crippen MR) is 54.7 cm³/mol. The molecular formula is C12H18O2. The summed E-state index contributed by atoms with van der Waals surface area (Å²) in [4.78, 5) is 12.0. The predicted octanol–water partition coefficient (Wildman–Crippen LogP) is 2.54. The molecule has 0 radical (unpaired) electrons. The standard InChI is InChI=1S/C12H18O2/c1-11(2)9-4-5-12(11,6-7-14-3)10(13)8-9/h6-7,9H,4-5,8H2,1-3H3/b7-6+/t9-,12-/m0/s1. The summed E-state index contributed by atoms with van der Waals surface area (Å²) in [7, 11) is 1.63. The second-order valence-corrected chi connectivity index (χ2v) is 5.09. The molecule has 78 valence electrons. The number of rotatable bonds is 2. The minimum absolute atomic E-state index is 0.124. The normalized spacial score (nSPS) is 39.6. The van der Waals surface area contributed by atoms with Crippen LogP contribution in [-0.2, 0) is 9.53 Å². The first kappa shape index (κ1) is 9.75. The van der Waals surface area contributed by atoms with E-state index in [1.54, 1.807) is 13.4 Å². The van der Waals surface area contributed by atoms with Gasteiger partial charge in [-0.1, -0.05) is 13.8 Å². The maximum atomic E-state index is 12.0. The van der Waals surface area contributed by atoms with E-state index in [1.165, 1.54) is 6.42 Å². The Morgan fingerprint density at radius 2 is 2.21 bits per heavy atom. The Morgan fingerprint density at radius 3 is 2.64 bits per heavy atom. The zero-order chi connectivity index (χ0) is 10.4. The molecule has 0 saturated heterocycles. The van der Waals surface area contributed by atoms with Gasteiger partial charge in [-0.05, 0) is 30.3 Å². The Hall–Kier alpha value is -0.790. The van der Waals surface area contributed by atoms with Crippen LogP contribution in [0, 0.1) is 16.7 Å². The van der Waals surface area contributed by atoms with Crippen molar-refractivity contribution in [3.63, 3.8) is 0 Å². The molecule has 2 heteroatoms. The van der Waals surface area contributed by atoms with Crippen molar-refractivity contribution >= 4 is 5.78 Å². The van der Waals surface area contributed by atoms with Gasteiger partial charge in [0.2, 0.25) is 0 Å². The average molecular weight is 194 g/mol. The molecule has 2 aliphatic rings. The largest absolute Gasteiger partial charge is 0.505 e. The van der Waals surface area contributed by atoms with Crippen LogP contribution in [0.15, 0.2) is 12.3 Å². The molecule has 0 spiro atoms. The molecule has 14 heavy (non-hydrogen) atoms. The van der Waals surface area contributed by atoms with Gasteiger partial charge in [0.25, 0.3) is 0 Å². The first-order valence-electron chi connectivity index (χ1n) is 5.28. The topological polar surface area (TPSA) is 26.3 Å². The van der Waals surface area contributed by atoms with E-state index in [0.717, 1.165) is 12.8 Å². The molecule has 2 bridgehead atoms. The number of hydrogen-bond acceptors (Lipinski definition) is 2. The Morgan fingerprint density at radius 1 is 1.50 bits per heavy atom. The number of carbonyl (C=O) groups excluding carboxylic acids is 1. The molecule has 0 N–H and O–H groups in total. The van der Waals surface area contributed by atoms with Gasteiger partial charge in [-0.3, -0.25) is 4.79 Å². The zero-order valence-electron chi connectivity index (χ0n) is 9.17. The van der Waals surface area contributed by atoms with Crippen LogP contribution in [0.25, 0.3) is 0 Å². The lowest BCUT2D eigenvalue weighted by Gasteiger charge is -2.33. The highest BCUT2D eigenvalue weighted by Gasteiger charge is 2.62. The van der Waals surface area contributed by atoms with Gasteiger partial charge in [0, 0.05) is 6.42 Å². The lowest BCUT2D eigenvalue weighted by atomic mass is 9.69. The third-order valence-corrected chi connectivity index (χ3v) is 4.48. The molecule has 0 amide bonds. The summed E-state index contributed by atoms with van der Waals surface area (Å²) in [6.07, 6.45) is 6.62. The average Bonchev–Trinajstić information content (AvgIpc) is 2.48. The molecule has 2 fully saturated rings. The fraction of sp³-hybridized carbons (Fsp3) is 0.750. The van der Waals surface area contributed by atoms with E-state index in [4.69, 9.17) is 4.74 Å². The van der Waals surface area contributed by atoms with Crippen LogP contribution in [0.3, 0.4) is 0 Å². The van der Waals surface area contributed by atoms with E-state index in [2.05, 4.69) is 13.8 Å². The van der Waals surface area contributed by atoms with Crippen molar-refractivity contribution in [2.75, 3.05) is 7.11 Å². The van der Waals surface area contributed by atoms with Crippen molar-refractivity contribution in [3.8, 4) is 0 Å². The van der Waals surface area contributed by atoms with Gasteiger partial charge in [-0.25, -0.2) is 0 Å². The molecule has 2 nitrogen and oxygen atoms in total. The van der Waals surface area contributed by atoms with Crippen LogP contribution in [0.4, 0.5) is 0 Å². The molecule has 2 rings (SSSR count). The minimum Gasteiger partial charge on any atom is -0.505 e. The smallest absolute Gasteiger partial charge is 0.143 e. The minimum atomic E-state index is -0.228. The van der Waals surface area contributed by atoms with E-state index in [-0.39, 0.29) is 10.8 Å². The Bertz CT molecular complexity index is 291.